The number of hydrogen-bond acceptors (Lipinski definition) is 5. The van der Waals surface area contributed by atoms with E-state index in [1.54, 1.807) is 25.4 Å². The van der Waals surface area contributed by atoms with Crippen molar-refractivity contribution < 1.29 is 18.3 Å². The highest BCUT2D eigenvalue weighted by atomic mass is 19.1. The molecule has 174 valence electrons. The Bertz CT molecular complexity index is 1070. The lowest BCUT2D eigenvalue weighted by Gasteiger charge is -2.32. The van der Waals surface area contributed by atoms with Gasteiger partial charge in [-0.15, -0.1) is 0 Å². The zero-order valence-electron chi connectivity index (χ0n) is 19.2. The summed E-state index contributed by atoms with van der Waals surface area (Å²) in [6, 6.07) is 14.3. The molecular formula is C26H30FN3O3. The number of methoxy groups -OCH3 is 1. The number of carbonyl (C=O) groups excluding carboxylic acids is 1. The van der Waals surface area contributed by atoms with Gasteiger partial charge in [0.15, 0.2) is 5.89 Å². The summed E-state index contributed by atoms with van der Waals surface area (Å²) in [7, 11) is 3.57. The van der Waals surface area contributed by atoms with Crippen molar-refractivity contribution >= 4 is 5.91 Å². The maximum absolute atomic E-state index is 13.1. The van der Waals surface area contributed by atoms with E-state index in [1.807, 2.05) is 41.1 Å². The number of likely N-dealkylation sites (N-methyl/N-ethyl adjacent to an activating group) is 1. The van der Waals surface area contributed by atoms with Crippen molar-refractivity contribution in [2.45, 2.75) is 31.7 Å². The first-order chi connectivity index (χ1) is 16.0. The smallest absolute Gasteiger partial charge is 0.236 e. The fraction of sp³-hybridized carbons (Fsp3) is 0.385. The Morgan fingerprint density at radius 1 is 1.24 bits per heavy atom. The molecule has 2 heterocycles. The molecule has 0 unspecified atom stereocenters. The van der Waals surface area contributed by atoms with Crippen LogP contribution < -0.4 is 4.74 Å². The van der Waals surface area contributed by atoms with E-state index in [0.29, 0.717) is 31.9 Å². The Hall–Kier alpha value is -3.19. The molecule has 1 atom stereocenters. The van der Waals surface area contributed by atoms with Crippen LogP contribution in [0.5, 0.6) is 5.75 Å². The van der Waals surface area contributed by atoms with Gasteiger partial charge in [-0.05, 0) is 43.7 Å². The van der Waals surface area contributed by atoms with Gasteiger partial charge in [0, 0.05) is 31.6 Å². The topological polar surface area (TPSA) is 58.8 Å². The Morgan fingerprint density at radius 2 is 2.03 bits per heavy atom. The second-order valence-corrected chi connectivity index (χ2v) is 8.63. The number of oxazole rings is 1. The Balaban J connectivity index is 1.33. The van der Waals surface area contributed by atoms with E-state index in [2.05, 4.69) is 4.98 Å². The van der Waals surface area contributed by atoms with Gasteiger partial charge in [-0.25, -0.2) is 9.37 Å². The van der Waals surface area contributed by atoms with Gasteiger partial charge in [0.25, 0.3) is 0 Å². The number of nitrogens with zero attached hydrogens (tertiary/aromatic N) is 3. The van der Waals surface area contributed by atoms with E-state index in [9.17, 15) is 9.18 Å². The first-order valence-electron chi connectivity index (χ1n) is 11.3. The normalized spacial score (nSPS) is 16.2. The van der Waals surface area contributed by atoms with Gasteiger partial charge >= 0.3 is 0 Å². The van der Waals surface area contributed by atoms with Crippen LogP contribution >= 0.6 is 0 Å². The standard InChI is InChI=1S/C26H30FN3O3/c1-29(16-19-9-11-22(27)12-10-19)18-25(31)30-13-5-7-21(17-30)26-28-15-23(33-26)14-20-6-3-4-8-24(20)32-2/h3-4,6,8-12,15,21H,5,7,13-14,16-18H2,1-2H3/t21-/m0/s1. The third kappa shape index (κ3) is 5.99. The van der Waals surface area contributed by atoms with E-state index in [0.717, 1.165) is 42.0 Å². The van der Waals surface area contributed by atoms with Gasteiger partial charge in [0.05, 0.1) is 25.8 Å². The molecule has 1 fully saturated rings. The van der Waals surface area contributed by atoms with Gasteiger partial charge in [0.2, 0.25) is 5.91 Å². The lowest BCUT2D eigenvalue weighted by molar-refractivity contribution is -0.133. The first-order valence-corrected chi connectivity index (χ1v) is 11.3. The van der Waals surface area contributed by atoms with Crippen LogP contribution in [0.1, 0.15) is 41.5 Å². The van der Waals surface area contributed by atoms with Crippen molar-refractivity contribution in [3.8, 4) is 5.75 Å². The number of likely N-dealkylation sites (tertiary alicyclic amines) is 1. The molecule has 1 aliphatic heterocycles. The summed E-state index contributed by atoms with van der Waals surface area (Å²) in [6.07, 6.45) is 4.26. The molecule has 0 N–H and O–H groups in total. The van der Waals surface area contributed by atoms with Gasteiger partial charge in [0.1, 0.15) is 17.3 Å². The van der Waals surface area contributed by atoms with Crippen LogP contribution in [0.4, 0.5) is 4.39 Å². The molecule has 0 aliphatic carbocycles. The molecule has 1 amide bonds. The van der Waals surface area contributed by atoms with Crippen LogP contribution in [0.3, 0.4) is 0 Å². The quantitative estimate of drug-likeness (QED) is 0.513. The van der Waals surface area contributed by atoms with Crippen molar-refractivity contribution in [3.05, 3.63) is 83.3 Å². The minimum absolute atomic E-state index is 0.0881. The highest BCUT2D eigenvalue weighted by molar-refractivity contribution is 5.78. The molecule has 2 aromatic carbocycles. The van der Waals surface area contributed by atoms with E-state index >= 15 is 0 Å². The minimum atomic E-state index is -0.255. The summed E-state index contributed by atoms with van der Waals surface area (Å²) in [5, 5.41) is 0. The van der Waals surface area contributed by atoms with Crippen LogP contribution in [-0.4, -0.2) is 54.5 Å². The maximum atomic E-state index is 13.1. The number of hydrogen-bond donors (Lipinski definition) is 0. The number of halogens is 1. The Morgan fingerprint density at radius 3 is 2.82 bits per heavy atom. The number of ether oxygens (including phenoxy) is 1. The van der Waals surface area contributed by atoms with Crippen molar-refractivity contribution in [2.75, 3.05) is 33.8 Å². The monoisotopic (exact) mass is 451 g/mol. The van der Waals surface area contributed by atoms with Crippen molar-refractivity contribution in [3.63, 3.8) is 0 Å². The van der Waals surface area contributed by atoms with E-state index in [4.69, 9.17) is 9.15 Å². The largest absolute Gasteiger partial charge is 0.496 e. The Labute approximate surface area is 194 Å². The zero-order chi connectivity index (χ0) is 23.2. The lowest BCUT2D eigenvalue weighted by atomic mass is 9.98. The number of piperidine rings is 1. The van der Waals surface area contributed by atoms with E-state index in [1.165, 1.54) is 12.1 Å². The highest BCUT2D eigenvalue weighted by Crippen LogP contribution is 2.28. The molecule has 7 heteroatoms. The summed E-state index contributed by atoms with van der Waals surface area (Å²) in [6.45, 7) is 2.26. The molecule has 1 saturated heterocycles. The molecule has 1 aliphatic rings. The predicted molar refractivity (Wildman–Crippen MR) is 124 cm³/mol. The number of rotatable bonds is 8. The second kappa shape index (κ2) is 10.6. The fourth-order valence-corrected chi connectivity index (χ4v) is 4.32. The van der Waals surface area contributed by atoms with Crippen LogP contribution in [-0.2, 0) is 17.8 Å². The highest BCUT2D eigenvalue weighted by Gasteiger charge is 2.28. The average molecular weight is 452 g/mol. The third-order valence-electron chi connectivity index (χ3n) is 6.02. The van der Waals surface area contributed by atoms with E-state index in [-0.39, 0.29) is 17.6 Å². The second-order valence-electron chi connectivity index (χ2n) is 8.63. The van der Waals surface area contributed by atoms with Crippen LogP contribution in [0.2, 0.25) is 0 Å². The molecule has 1 aromatic heterocycles. The summed E-state index contributed by atoms with van der Waals surface area (Å²) >= 11 is 0. The van der Waals surface area contributed by atoms with Gasteiger partial charge < -0.3 is 14.1 Å². The molecule has 0 saturated carbocycles. The first kappa shape index (κ1) is 23.0. The molecule has 0 spiro atoms. The summed E-state index contributed by atoms with van der Waals surface area (Å²) in [5.41, 5.74) is 2.03. The number of amides is 1. The van der Waals surface area contributed by atoms with Crippen LogP contribution in [0.25, 0.3) is 0 Å². The summed E-state index contributed by atoms with van der Waals surface area (Å²) < 4.78 is 24.6. The molecule has 0 radical (unpaired) electrons. The SMILES string of the molecule is COc1ccccc1Cc1cnc([C@H]2CCCN(C(=O)CN(C)Cc3ccc(F)cc3)C2)o1. The summed E-state index contributed by atoms with van der Waals surface area (Å²) in [5.74, 6) is 2.24. The van der Waals surface area contributed by atoms with Crippen LogP contribution in [0.15, 0.2) is 59.1 Å². The minimum Gasteiger partial charge on any atom is -0.496 e. The van der Waals surface area contributed by atoms with Crippen molar-refractivity contribution in [1.29, 1.82) is 0 Å². The molecular weight excluding hydrogens is 421 g/mol. The third-order valence-corrected chi connectivity index (χ3v) is 6.02. The molecule has 0 bridgehead atoms. The molecule has 4 rings (SSSR count). The fourth-order valence-electron chi connectivity index (χ4n) is 4.32. The number of aromatic nitrogens is 1. The summed E-state index contributed by atoms with van der Waals surface area (Å²) in [4.78, 5) is 21.3. The van der Waals surface area contributed by atoms with Gasteiger partial charge in [-0.3, -0.25) is 9.69 Å². The van der Waals surface area contributed by atoms with Crippen molar-refractivity contribution in [2.24, 2.45) is 0 Å². The predicted octanol–water partition coefficient (Wildman–Crippen LogP) is 4.25. The molecule has 33 heavy (non-hydrogen) atoms. The maximum Gasteiger partial charge on any atom is 0.236 e. The lowest BCUT2D eigenvalue weighted by Crippen LogP contribution is -2.43. The van der Waals surface area contributed by atoms with Gasteiger partial charge in [-0.2, -0.15) is 0 Å². The van der Waals surface area contributed by atoms with Crippen LogP contribution in [0, 0.1) is 5.82 Å². The molecule has 3 aromatic rings. The Kier molecular flexibility index (Phi) is 7.40. The number of benzene rings is 2. The number of para-hydroxylation sites is 1. The van der Waals surface area contributed by atoms with E-state index < -0.39 is 0 Å². The van der Waals surface area contributed by atoms with Crippen molar-refractivity contribution in [1.82, 2.24) is 14.8 Å². The molecule has 6 nitrogen and oxygen atoms in total. The zero-order valence-corrected chi connectivity index (χ0v) is 19.2. The van der Waals surface area contributed by atoms with Gasteiger partial charge in [-0.1, -0.05) is 30.3 Å². The average Bonchev–Trinajstić information content (AvgIpc) is 3.29. The number of carbonyl (C=O) groups is 1.